The zero-order valence-corrected chi connectivity index (χ0v) is 17.3. The maximum absolute atomic E-state index is 12.0. The van der Waals surface area contributed by atoms with E-state index in [-0.39, 0.29) is 30.7 Å². The number of amides is 1. The van der Waals surface area contributed by atoms with Crippen molar-refractivity contribution in [3.05, 3.63) is 18.2 Å². The number of carbonyl (C=O) groups is 1. The number of methoxy groups -OCH3 is 1. The third kappa shape index (κ3) is 8.63. The third-order valence-electron chi connectivity index (χ3n) is 3.57. The molecule has 0 heterocycles. The summed E-state index contributed by atoms with van der Waals surface area (Å²) in [4.78, 5) is 14.2. The molecule has 3 N–H and O–H groups in total. The Labute approximate surface area is 163 Å². The van der Waals surface area contributed by atoms with Crippen LogP contribution in [0.5, 0.6) is 11.5 Å². The van der Waals surface area contributed by atoms with Crippen molar-refractivity contribution in [3.63, 3.8) is 0 Å². The Morgan fingerprint density at radius 2 is 1.80 bits per heavy atom. The van der Waals surface area contributed by atoms with Crippen LogP contribution in [0.25, 0.3) is 0 Å². The lowest BCUT2D eigenvalue weighted by atomic mass is 10.1. The molecule has 25 heavy (non-hydrogen) atoms. The molecule has 0 radical (unpaired) electrons. The standard InChI is InChI=1S/C17H29N3O3.2ClH/c1-6-20(7-2)10-11-23-15-12-13(8-9-14(15)22-5)19-16(21)17(3,4)18;;/h8-9,12H,6-7,10-11,18H2,1-5H3,(H,19,21);2*1H. The van der Waals surface area contributed by atoms with Crippen molar-refractivity contribution in [1.29, 1.82) is 0 Å². The smallest absolute Gasteiger partial charge is 0.243 e. The van der Waals surface area contributed by atoms with Gasteiger partial charge in [-0.15, -0.1) is 24.8 Å². The van der Waals surface area contributed by atoms with Crippen molar-refractivity contribution in [2.24, 2.45) is 5.73 Å². The highest BCUT2D eigenvalue weighted by atomic mass is 35.5. The third-order valence-corrected chi connectivity index (χ3v) is 3.57. The predicted octanol–water partition coefficient (Wildman–Crippen LogP) is 2.94. The molecule has 0 bridgehead atoms. The average molecular weight is 396 g/mol. The van der Waals surface area contributed by atoms with Crippen molar-refractivity contribution in [3.8, 4) is 11.5 Å². The summed E-state index contributed by atoms with van der Waals surface area (Å²) in [5, 5.41) is 2.79. The summed E-state index contributed by atoms with van der Waals surface area (Å²) in [7, 11) is 1.59. The Morgan fingerprint density at radius 1 is 1.20 bits per heavy atom. The van der Waals surface area contributed by atoms with Crippen LogP contribution in [0.15, 0.2) is 18.2 Å². The molecule has 1 aromatic carbocycles. The van der Waals surface area contributed by atoms with E-state index in [1.54, 1.807) is 39.2 Å². The first-order valence-electron chi connectivity index (χ1n) is 7.95. The number of rotatable bonds is 9. The first kappa shape index (κ1) is 26.0. The highest BCUT2D eigenvalue weighted by Crippen LogP contribution is 2.30. The van der Waals surface area contributed by atoms with Crippen LogP contribution in [-0.4, -0.2) is 49.7 Å². The van der Waals surface area contributed by atoms with Gasteiger partial charge in [0.05, 0.1) is 12.6 Å². The van der Waals surface area contributed by atoms with Gasteiger partial charge in [0.2, 0.25) is 5.91 Å². The first-order chi connectivity index (χ1) is 10.8. The number of carbonyl (C=O) groups excluding carboxylic acids is 1. The van der Waals surface area contributed by atoms with E-state index in [2.05, 4.69) is 24.1 Å². The Bertz CT molecular complexity index is 518. The topological polar surface area (TPSA) is 76.8 Å². The Kier molecular flexibility index (Phi) is 12.7. The number of nitrogens with two attached hydrogens (primary N) is 1. The van der Waals surface area contributed by atoms with Crippen LogP contribution >= 0.6 is 24.8 Å². The number of hydrogen-bond acceptors (Lipinski definition) is 5. The Morgan fingerprint density at radius 3 is 2.28 bits per heavy atom. The van der Waals surface area contributed by atoms with E-state index in [9.17, 15) is 4.79 Å². The van der Waals surface area contributed by atoms with Gasteiger partial charge in [-0.3, -0.25) is 4.79 Å². The normalized spacial score (nSPS) is 10.5. The number of likely N-dealkylation sites (N-methyl/N-ethyl adjacent to an activating group) is 1. The monoisotopic (exact) mass is 395 g/mol. The zero-order valence-electron chi connectivity index (χ0n) is 15.6. The number of benzene rings is 1. The van der Waals surface area contributed by atoms with Crippen LogP contribution in [-0.2, 0) is 4.79 Å². The fourth-order valence-electron chi connectivity index (χ4n) is 1.98. The number of hydrogen-bond donors (Lipinski definition) is 2. The molecule has 6 nitrogen and oxygen atoms in total. The van der Waals surface area contributed by atoms with E-state index in [1.807, 2.05) is 0 Å². The average Bonchev–Trinajstić information content (AvgIpc) is 2.51. The molecule has 8 heteroatoms. The number of anilines is 1. The number of ether oxygens (including phenoxy) is 2. The SMILES string of the molecule is CCN(CC)CCOc1cc(NC(=O)C(C)(C)N)ccc1OC.Cl.Cl. The highest BCUT2D eigenvalue weighted by Gasteiger charge is 2.22. The van der Waals surface area contributed by atoms with Gasteiger partial charge in [0.1, 0.15) is 6.61 Å². The van der Waals surface area contributed by atoms with Gasteiger partial charge < -0.3 is 25.4 Å². The molecule has 1 rings (SSSR count). The Hall–Kier alpha value is -1.21. The minimum atomic E-state index is -0.941. The molecule has 0 aliphatic carbocycles. The summed E-state index contributed by atoms with van der Waals surface area (Å²) in [6.45, 7) is 10.9. The van der Waals surface area contributed by atoms with Crippen LogP contribution < -0.4 is 20.5 Å². The van der Waals surface area contributed by atoms with Gasteiger partial charge in [0.15, 0.2) is 11.5 Å². The molecular weight excluding hydrogens is 365 g/mol. The molecule has 0 spiro atoms. The second-order valence-corrected chi connectivity index (χ2v) is 5.92. The van der Waals surface area contributed by atoms with E-state index in [4.69, 9.17) is 15.2 Å². The van der Waals surface area contributed by atoms with E-state index >= 15 is 0 Å². The minimum absolute atomic E-state index is 0. The molecule has 0 fully saturated rings. The summed E-state index contributed by atoms with van der Waals surface area (Å²) in [5.41, 5.74) is 5.48. The van der Waals surface area contributed by atoms with Crippen LogP contribution in [0.1, 0.15) is 27.7 Å². The summed E-state index contributed by atoms with van der Waals surface area (Å²) < 4.78 is 11.1. The quantitative estimate of drug-likeness (QED) is 0.671. The lowest BCUT2D eigenvalue weighted by molar-refractivity contribution is -0.120. The summed E-state index contributed by atoms with van der Waals surface area (Å²) in [6.07, 6.45) is 0. The Balaban J connectivity index is 0. The van der Waals surface area contributed by atoms with Gasteiger partial charge in [-0.25, -0.2) is 0 Å². The van der Waals surface area contributed by atoms with E-state index in [1.165, 1.54) is 0 Å². The van der Waals surface area contributed by atoms with Gasteiger partial charge in [-0.2, -0.15) is 0 Å². The molecule has 0 unspecified atom stereocenters. The van der Waals surface area contributed by atoms with Gasteiger partial charge in [-0.1, -0.05) is 13.8 Å². The lowest BCUT2D eigenvalue weighted by Gasteiger charge is -2.20. The van der Waals surface area contributed by atoms with Gasteiger partial charge >= 0.3 is 0 Å². The second kappa shape index (κ2) is 12.2. The number of nitrogens with one attached hydrogen (secondary N) is 1. The predicted molar refractivity (Wildman–Crippen MR) is 108 cm³/mol. The fourth-order valence-corrected chi connectivity index (χ4v) is 1.98. The number of nitrogens with zero attached hydrogens (tertiary/aromatic N) is 1. The van der Waals surface area contributed by atoms with Crippen LogP contribution in [0.2, 0.25) is 0 Å². The molecule has 0 aliphatic rings. The van der Waals surface area contributed by atoms with Gasteiger partial charge in [-0.05, 0) is 39.1 Å². The lowest BCUT2D eigenvalue weighted by Crippen LogP contribution is -2.45. The first-order valence-corrected chi connectivity index (χ1v) is 7.95. The van der Waals surface area contributed by atoms with Gasteiger partial charge in [0.25, 0.3) is 0 Å². The zero-order chi connectivity index (χ0) is 17.5. The molecule has 0 atom stereocenters. The molecule has 0 saturated carbocycles. The van der Waals surface area contributed by atoms with Crippen molar-refractivity contribution < 1.29 is 14.3 Å². The van der Waals surface area contributed by atoms with Crippen molar-refractivity contribution >= 4 is 36.4 Å². The fraction of sp³-hybridized carbons (Fsp3) is 0.588. The van der Waals surface area contributed by atoms with E-state index in [0.29, 0.717) is 23.8 Å². The minimum Gasteiger partial charge on any atom is -0.493 e. The van der Waals surface area contributed by atoms with Crippen molar-refractivity contribution in [2.75, 3.05) is 38.7 Å². The molecule has 1 aromatic rings. The van der Waals surface area contributed by atoms with Crippen LogP contribution in [0.4, 0.5) is 5.69 Å². The molecule has 1 amide bonds. The van der Waals surface area contributed by atoms with Crippen LogP contribution in [0, 0.1) is 0 Å². The number of halogens is 2. The highest BCUT2D eigenvalue weighted by molar-refractivity contribution is 5.97. The summed E-state index contributed by atoms with van der Waals surface area (Å²) in [5.74, 6) is 0.985. The van der Waals surface area contributed by atoms with Crippen molar-refractivity contribution in [2.45, 2.75) is 33.2 Å². The van der Waals surface area contributed by atoms with Gasteiger partial charge in [0, 0.05) is 18.3 Å². The molecular formula is C17H31Cl2N3O3. The molecule has 146 valence electrons. The molecule has 0 aromatic heterocycles. The summed E-state index contributed by atoms with van der Waals surface area (Å²) in [6, 6.07) is 5.29. The maximum atomic E-state index is 12.0. The summed E-state index contributed by atoms with van der Waals surface area (Å²) >= 11 is 0. The second-order valence-electron chi connectivity index (χ2n) is 5.92. The van der Waals surface area contributed by atoms with E-state index in [0.717, 1.165) is 19.6 Å². The van der Waals surface area contributed by atoms with E-state index < -0.39 is 5.54 Å². The molecule has 0 saturated heterocycles. The van der Waals surface area contributed by atoms with Crippen LogP contribution in [0.3, 0.4) is 0 Å². The van der Waals surface area contributed by atoms with Crippen molar-refractivity contribution in [1.82, 2.24) is 4.90 Å². The maximum Gasteiger partial charge on any atom is 0.243 e. The molecule has 0 aliphatic heterocycles. The largest absolute Gasteiger partial charge is 0.493 e.